The Labute approximate surface area is 101 Å². The van der Waals surface area contributed by atoms with E-state index in [1.54, 1.807) is 26.0 Å². The number of nitrogens with zero attached hydrogens (tertiary/aromatic N) is 1. The molecule has 0 radical (unpaired) electrons. The van der Waals surface area contributed by atoms with Crippen LogP contribution in [0.3, 0.4) is 0 Å². The van der Waals surface area contributed by atoms with Crippen LogP contribution in [0.5, 0.6) is 0 Å². The lowest BCUT2D eigenvalue weighted by Crippen LogP contribution is -2.19. The molecule has 0 aliphatic rings. The van der Waals surface area contributed by atoms with Gasteiger partial charge in [-0.05, 0) is 19.9 Å². The minimum atomic E-state index is -0.470. The Morgan fingerprint density at radius 1 is 1.56 bits per heavy atom. The summed E-state index contributed by atoms with van der Waals surface area (Å²) in [5.74, 6) is -0.238. The van der Waals surface area contributed by atoms with Crippen molar-refractivity contribution in [3.05, 3.63) is 33.9 Å². The van der Waals surface area contributed by atoms with Crippen molar-refractivity contribution >= 4 is 33.2 Å². The van der Waals surface area contributed by atoms with E-state index in [0.29, 0.717) is 11.3 Å². The Bertz CT molecular complexity index is 432. The second-order valence-corrected chi connectivity index (χ2v) is 4.74. The van der Waals surface area contributed by atoms with Gasteiger partial charge in [-0.15, -0.1) is 0 Å². The van der Waals surface area contributed by atoms with Crippen LogP contribution in [0.2, 0.25) is 0 Å². The molecule has 0 heterocycles. The van der Waals surface area contributed by atoms with Gasteiger partial charge in [0, 0.05) is 17.3 Å². The summed E-state index contributed by atoms with van der Waals surface area (Å²) in [7, 11) is 0. The number of rotatable bonds is 3. The molecule has 1 rings (SSSR count). The molecule has 1 unspecified atom stereocenters. The van der Waals surface area contributed by atoms with E-state index >= 15 is 0 Å². The summed E-state index contributed by atoms with van der Waals surface area (Å²) >= 11 is 3.11. The molecule has 6 heteroatoms. The molecule has 5 nitrogen and oxygen atoms in total. The first-order chi connectivity index (χ1) is 7.41. The molecule has 86 valence electrons. The van der Waals surface area contributed by atoms with Gasteiger partial charge in [0.05, 0.1) is 9.75 Å². The highest BCUT2D eigenvalue weighted by Gasteiger charge is 2.13. The third-order valence-electron chi connectivity index (χ3n) is 2.03. The molecule has 1 aromatic rings. The largest absolute Gasteiger partial charge is 0.325 e. The van der Waals surface area contributed by atoms with Gasteiger partial charge >= 0.3 is 0 Å². The number of halogens is 1. The topological polar surface area (TPSA) is 72.2 Å². The second kappa shape index (κ2) is 5.07. The third kappa shape index (κ3) is 3.03. The molecule has 0 aliphatic carbocycles. The number of benzene rings is 1. The molecule has 1 amide bonds. The van der Waals surface area contributed by atoms with Crippen molar-refractivity contribution in [2.24, 2.45) is 0 Å². The fourth-order valence-corrected chi connectivity index (χ4v) is 1.24. The Kier molecular flexibility index (Phi) is 4.00. The first kappa shape index (κ1) is 12.6. The average molecular weight is 287 g/mol. The number of anilines is 1. The summed E-state index contributed by atoms with van der Waals surface area (Å²) in [6.45, 7) is 3.33. The van der Waals surface area contributed by atoms with Crippen molar-refractivity contribution in [1.29, 1.82) is 0 Å². The smallest absolute Gasteiger partial charge is 0.274 e. The van der Waals surface area contributed by atoms with Crippen LogP contribution in [0, 0.1) is 17.0 Å². The summed E-state index contributed by atoms with van der Waals surface area (Å²) in [6, 6.07) is 4.59. The number of nitrogens with one attached hydrogen (secondary N) is 1. The summed E-state index contributed by atoms with van der Waals surface area (Å²) in [5.41, 5.74) is 0.989. The van der Waals surface area contributed by atoms with Gasteiger partial charge in [-0.1, -0.05) is 22.0 Å². The molecule has 1 atom stereocenters. The van der Waals surface area contributed by atoms with E-state index < -0.39 is 4.92 Å². The van der Waals surface area contributed by atoms with E-state index in [1.807, 2.05) is 0 Å². The SMILES string of the molecule is Cc1ccc(NC(=O)C(C)Br)cc1[N+](=O)[O-]. The summed E-state index contributed by atoms with van der Waals surface area (Å²) in [5, 5.41) is 13.3. The van der Waals surface area contributed by atoms with Gasteiger partial charge in [-0.25, -0.2) is 0 Å². The van der Waals surface area contributed by atoms with E-state index in [1.165, 1.54) is 6.07 Å². The average Bonchev–Trinajstić information content (AvgIpc) is 2.20. The van der Waals surface area contributed by atoms with Gasteiger partial charge in [-0.3, -0.25) is 14.9 Å². The lowest BCUT2D eigenvalue weighted by atomic mass is 10.2. The summed E-state index contributed by atoms with van der Waals surface area (Å²) in [4.78, 5) is 21.2. The van der Waals surface area contributed by atoms with E-state index in [4.69, 9.17) is 0 Å². The zero-order chi connectivity index (χ0) is 12.3. The van der Waals surface area contributed by atoms with Gasteiger partial charge < -0.3 is 5.32 Å². The minimum absolute atomic E-state index is 0.0000236. The van der Waals surface area contributed by atoms with Crippen LogP contribution in [0.25, 0.3) is 0 Å². The molecular formula is C10H11BrN2O3. The maximum Gasteiger partial charge on any atom is 0.274 e. The predicted molar refractivity (Wildman–Crippen MR) is 64.9 cm³/mol. The molecule has 0 fully saturated rings. The molecule has 1 aromatic carbocycles. The number of nitro groups is 1. The normalized spacial score (nSPS) is 11.9. The maximum absolute atomic E-state index is 11.4. The van der Waals surface area contributed by atoms with Crippen LogP contribution in [0.15, 0.2) is 18.2 Å². The Balaban J connectivity index is 2.95. The lowest BCUT2D eigenvalue weighted by molar-refractivity contribution is -0.385. The standard InChI is InChI=1S/C10H11BrN2O3/c1-6-3-4-8(5-9(6)13(15)16)12-10(14)7(2)11/h3-5,7H,1-2H3,(H,12,14). The van der Waals surface area contributed by atoms with Crippen LogP contribution in [-0.2, 0) is 4.79 Å². The highest BCUT2D eigenvalue weighted by atomic mass is 79.9. The summed E-state index contributed by atoms with van der Waals surface area (Å²) in [6.07, 6.45) is 0. The van der Waals surface area contributed by atoms with Gasteiger partial charge in [0.15, 0.2) is 0 Å². The number of aryl methyl sites for hydroxylation is 1. The molecule has 16 heavy (non-hydrogen) atoms. The molecule has 0 bridgehead atoms. The van der Waals surface area contributed by atoms with Crippen LogP contribution >= 0.6 is 15.9 Å². The number of hydrogen-bond acceptors (Lipinski definition) is 3. The third-order valence-corrected chi connectivity index (χ3v) is 2.45. The first-order valence-electron chi connectivity index (χ1n) is 4.62. The number of carbonyl (C=O) groups is 1. The van der Waals surface area contributed by atoms with E-state index in [2.05, 4.69) is 21.2 Å². The zero-order valence-corrected chi connectivity index (χ0v) is 10.4. The number of amides is 1. The number of alkyl halides is 1. The maximum atomic E-state index is 11.4. The Morgan fingerprint density at radius 3 is 2.69 bits per heavy atom. The lowest BCUT2D eigenvalue weighted by Gasteiger charge is -2.07. The Morgan fingerprint density at radius 2 is 2.19 bits per heavy atom. The van der Waals surface area contributed by atoms with Crippen LogP contribution < -0.4 is 5.32 Å². The molecule has 0 saturated heterocycles. The fourth-order valence-electron chi connectivity index (χ4n) is 1.13. The molecular weight excluding hydrogens is 276 g/mol. The molecule has 0 spiro atoms. The highest BCUT2D eigenvalue weighted by Crippen LogP contribution is 2.22. The van der Waals surface area contributed by atoms with Crippen LogP contribution in [-0.4, -0.2) is 15.7 Å². The number of hydrogen-bond donors (Lipinski definition) is 1. The van der Waals surface area contributed by atoms with Crippen molar-refractivity contribution < 1.29 is 9.72 Å². The minimum Gasteiger partial charge on any atom is -0.325 e. The van der Waals surface area contributed by atoms with Crippen molar-refractivity contribution in [3.8, 4) is 0 Å². The van der Waals surface area contributed by atoms with Crippen molar-refractivity contribution in [1.82, 2.24) is 0 Å². The molecule has 0 aromatic heterocycles. The fraction of sp³-hybridized carbons (Fsp3) is 0.300. The highest BCUT2D eigenvalue weighted by molar-refractivity contribution is 9.10. The van der Waals surface area contributed by atoms with Gasteiger partial charge in [-0.2, -0.15) is 0 Å². The quantitative estimate of drug-likeness (QED) is 0.527. The number of carbonyl (C=O) groups excluding carboxylic acids is 1. The van der Waals surface area contributed by atoms with E-state index in [9.17, 15) is 14.9 Å². The molecule has 0 saturated carbocycles. The van der Waals surface area contributed by atoms with Gasteiger partial charge in [0.25, 0.3) is 5.69 Å². The van der Waals surface area contributed by atoms with Crippen LogP contribution in [0.1, 0.15) is 12.5 Å². The van der Waals surface area contributed by atoms with Crippen molar-refractivity contribution in [2.45, 2.75) is 18.7 Å². The Hall–Kier alpha value is -1.43. The molecule has 0 aliphatic heterocycles. The second-order valence-electron chi connectivity index (χ2n) is 3.36. The van der Waals surface area contributed by atoms with E-state index in [0.717, 1.165) is 0 Å². The molecule has 1 N–H and O–H groups in total. The van der Waals surface area contributed by atoms with E-state index in [-0.39, 0.29) is 16.4 Å². The van der Waals surface area contributed by atoms with Gasteiger partial charge in [0.1, 0.15) is 0 Å². The predicted octanol–water partition coefficient (Wildman–Crippen LogP) is 2.63. The van der Waals surface area contributed by atoms with Crippen LogP contribution in [0.4, 0.5) is 11.4 Å². The summed E-state index contributed by atoms with van der Waals surface area (Å²) < 4.78 is 0. The van der Waals surface area contributed by atoms with Crippen molar-refractivity contribution in [2.75, 3.05) is 5.32 Å². The zero-order valence-electron chi connectivity index (χ0n) is 8.86. The first-order valence-corrected chi connectivity index (χ1v) is 5.53. The number of nitro benzene ring substituents is 1. The monoisotopic (exact) mass is 286 g/mol. The van der Waals surface area contributed by atoms with Gasteiger partial charge in [0.2, 0.25) is 5.91 Å². The van der Waals surface area contributed by atoms with Crippen molar-refractivity contribution in [3.63, 3.8) is 0 Å².